The van der Waals surface area contributed by atoms with Crippen molar-refractivity contribution in [3.8, 4) is 0 Å². The maximum atomic E-state index is 11.7. The highest BCUT2D eigenvalue weighted by molar-refractivity contribution is 5.93. The Morgan fingerprint density at radius 1 is 1.43 bits per heavy atom. The quantitative estimate of drug-likeness (QED) is 0.756. The molecule has 2 heterocycles. The minimum Gasteiger partial charge on any atom is -0.459 e. The Balaban J connectivity index is 1.73. The summed E-state index contributed by atoms with van der Waals surface area (Å²) in [5, 5.41) is 12.1. The Morgan fingerprint density at radius 3 is 2.86 bits per heavy atom. The van der Waals surface area contributed by atoms with Gasteiger partial charge in [0.15, 0.2) is 11.6 Å². The summed E-state index contributed by atoms with van der Waals surface area (Å²) < 4.78 is 4.95. The average molecular weight is 290 g/mol. The first-order chi connectivity index (χ1) is 10.1. The predicted octanol–water partition coefficient (Wildman–Crippen LogP) is 1.88. The molecule has 0 unspecified atom stereocenters. The number of furan rings is 1. The van der Waals surface area contributed by atoms with Gasteiger partial charge in [0.25, 0.3) is 5.91 Å². The van der Waals surface area contributed by atoms with E-state index in [4.69, 9.17) is 4.42 Å². The van der Waals surface area contributed by atoms with E-state index in [1.54, 1.807) is 18.2 Å². The number of carbonyl (C=O) groups excluding carboxylic acids is 2. The van der Waals surface area contributed by atoms with Gasteiger partial charge in [-0.25, -0.2) is 0 Å². The summed E-state index contributed by atoms with van der Waals surface area (Å²) in [4.78, 5) is 23.3. The monoisotopic (exact) mass is 290 g/mol. The van der Waals surface area contributed by atoms with E-state index in [-0.39, 0.29) is 30.5 Å². The first-order valence-corrected chi connectivity index (χ1v) is 6.73. The summed E-state index contributed by atoms with van der Waals surface area (Å²) in [6.45, 7) is 4.29. The molecule has 0 aliphatic heterocycles. The number of H-pyrrole nitrogens is 1. The molecule has 0 atom stereocenters. The van der Waals surface area contributed by atoms with Gasteiger partial charge in [0.05, 0.1) is 6.26 Å². The highest BCUT2D eigenvalue weighted by Crippen LogP contribution is 2.14. The molecule has 2 amide bonds. The Labute approximate surface area is 122 Å². The van der Waals surface area contributed by atoms with Gasteiger partial charge in [0.1, 0.15) is 0 Å². The number of carbonyl (C=O) groups is 2. The maximum absolute atomic E-state index is 11.7. The second kappa shape index (κ2) is 6.74. The van der Waals surface area contributed by atoms with Crippen molar-refractivity contribution in [2.24, 2.45) is 0 Å². The molecular weight excluding hydrogens is 272 g/mol. The summed E-state index contributed by atoms with van der Waals surface area (Å²) in [5.74, 6) is 0.479. The number of aromatic amines is 1. The maximum Gasteiger partial charge on any atom is 0.286 e. The fourth-order valence-electron chi connectivity index (χ4n) is 1.69. The van der Waals surface area contributed by atoms with E-state index < -0.39 is 0 Å². The van der Waals surface area contributed by atoms with Crippen LogP contribution in [0.1, 0.15) is 42.4 Å². The molecular formula is C14H18N4O3. The van der Waals surface area contributed by atoms with Crippen LogP contribution >= 0.6 is 0 Å². The molecule has 0 spiro atoms. The number of hydrogen-bond acceptors (Lipinski definition) is 4. The standard InChI is InChI=1S/C14H18N4O3/c1-9(2)10-8-12(18-17-10)16-13(19)5-6-15-14(20)11-4-3-7-21-11/h3-4,7-9H,5-6H2,1-2H3,(H,15,20)(H2,16,17,18,19). The van der Waals surface area contributed by atoms with Gasteiger partial charge in [0, 0.05) is 24.7 Å². The second-order valence-corrected chi connectivity index (χ2v) is 4.89. The Kier molecular flexibility index (Phi) is 4.76. The smallest absolute Gasteiger partial charge is 0.286 e. The van der Waals surface area contributed by atoms with E-state index in [9.17, 15) is 9.59 Å². The van der Waals surface area contributed by atoms with E-state index in [2.05, 4.69) is 20.8 Å². The van der Waals surface area contributed by atoms with Crippen LogP contribution in [0.25, 0.3) is 0 Å². The minimum absolute atomic E-state index is 0.163. The molecule has 2 rings (SSSR count). The summed E-state index contributed by atoms with van der Waals surface area (Å²) >= 11 is 0. The topological polar surface area (TPSA) is 100 Å². The van der Waals surface area contributed by atoms with Crippen LogP contribution in [0, 0.1) is 0 Å². The molecule has 0 bridgehead atoms. The van der Waals surface area contributed by atoms with Crippen LogP contribution in [0.4, 0.5) is 5.82 Å². The van der Waals surface area contributed by atoms with E-state index in [0.717, 1.165) is 5.69 Å². The highest BCUT2D eigenvalue weighted by Gasteiger charge is 2.10. The van der Waals surface area contributed by atoms with Crippen molar-refractivity contribution in [3.63, 3.8) is 0 Å². The van der Waals surface area contributed by atoms with Gasteiger partial charge in [0.2, 0.25) is 5.91 Å². The zero-order chi connectivity index (χ0) is 15.2. The summed E-state index contributed by atoms with van der Waals surface area (Å²) in [7, 11) is 0. The third kappa shape index (κ3) is 4.20. The van der Waals surface area contributed by atoms with E-state index >= 15 is 0 Å². The largest absolute Gasteiger partial charge is 0.459 e. The predicted molar refractivity (Wildman–Crippen MR) is 77.0 cm³/mol. The van der Waals surface area contributed by atoms with Gasteiger partial charge in [-0.15, -0.1) is 0 Å². The number of nitrogens with one attached hydrogen (secondary N) is 3. The fraction of sp³-hybridized carbons (Fsp3) is 0.357. The van der Waals surface area contributed by atoms with Gasteiger partial charge < -0.3 is 15.1 Å². The van der Waals surface area contributed by atoms with E-state index in [1.807, 2.05) is 13.8 Å². The average Bonchev–Trinajstić information content (AvgIpc) is 3.09. The van der Waals surface area contributed by atoms with Gasteiger partial charge >= 0.3 is 0 Å². The summed E-state index contributed by atoms with van der Waals surface area (Å²) in [6, 6.07) is 4.99. The number of anilines is 1. The Bertz CT molecular complexity index is 602. The molecule has 2 aromatic rings. The number of amides is 2. The number of hydrogen-bond donors (Lipinski definition) is 3. The van der Waals surface area contributed by atoms with Crippen LogP contribution in [-0.4, -0.2) is 28.6 Å². The first kappa shape index (κ1) is 14.8. The lowest BCUT2D eigenvalue weighted by molar-refractivity contribution is -0.116. The molecule has 0 saturated heterocycles. The number of aromatic nitrogens is 2. The third-order valence-corrected chi connectivity index (χ3v) is 2.87. The lowest BCUT2D eigenvalue weighted by Gasteiger charge is -2.03. The Morgan fingerprint density at radius 2 is 2.24 bits per heavy atom. The molecule has 2 aromatic heterocycles. The molecule has 0 aliphatic rings. The van der Waals surface area contributed by atoms with Crippen LogP contribution in [0.15, 0.2) is 28.9 Å². The van der Waals surface area contributed by atoms with E-state index in [0.29, 0.717) is 11.7 Å². The molecule has 0 aromatic carbocycles. The molecule has 0 aliphatic carbocycles. The van der Waals surface area contributed by atoms with E-state index in [1.165, 1.54) is 6.26 Å². The Hall–Kier alpha value is -2.57. The molecule has 3 N–H and O–H groups in total. The molecule has 0 fully saturated rings. The highest BCUT2D eigenvalue weighted by atomic mass is 16.3. The minimum atomic E-state index is -0.338. The second-order valence-electron chi connectivity index (χ2n) is 4.89. The SMILES string of the molecule is CC(C)c1cc(NC(=O)CCNC(=O)c2ccco2)n[nH]1. The van der Waals surface area contributed by atoms with Crippen molar-refractivity contribution < 1.29 is 14.0 Å². The molecule has 7 nitrogen and oxygen atoms in total. The van der Waals surface area contributed by atoms with Gasteiger partial charge in [-0.1, -0.05) is 13.8 Å². The first-order valence-electron chi connectivity index (χ1n) is 6.73. The van der Waals surface area contributed by atoms with Crippen molar-refractivity contribution >= 4 is 17.6 Å². The zero-order valence-electron chi connectivity index (χ0n) is 12.0. The molecule has 0 saturated carbocycles. The van der Waals surface area contributed by atoms with Crippen LogP contribution < -0.4 is 10.6 Å². The van der Waals surface area contributed by atoms with Gasteiger partial charge in [-0.05, 0) is 18.1 Å². The fourth-order valence-corrected chi connectivity index (χ4v) is 1.69. The van der Waals surface area contributed by atoms with Gasteiger partial charge in [-0.2, -0.15) is 5.10 Å². The van der Waals surface area contributed by atoms with Crippen molar-refractivity contribution in [2.75, 3.05) is 11.9 Å². The lowest BCUT2D eigenvalue weighted by atomic mass is 10.1. The van der Waals surface area contributed by atoms with Crippen molar-refractivity contribution in [3.05, 3.63) is 35.9 Å². The van der Waals surface area contributed by atoms with Crippen LogP contribution in [-0.2, 0) is 4.79 Å². The number of nitrogens with zero attached hydrogens (tertiary/aromatic N) is 1. The normalized spacial score (nSPS) is 10.6. The van der Waals surface area contributed by atoms with Gasteiger partial charge in [-0.3, -0.25) is 14.7 Å². The molecule has 112 valence electrons. The zero-order valence-corrected chi connectivity index (χ0v) is 12.0. The molecule has 21 heavy (non-hydrogen) atoms. The lowest BCUT2D eigenvalue weighted by Crippen LogP contribution is -2.27. The van der Waals surface area contributed by atoms with Crippen LogP contribution in [0.5, 0.6) is 0 Å². The van der Waals surface area contributed by atoms with Crippen LogP contribution in [0.2, 0.25) is 0 Å². The molecule has 0 radical (unpaired) electrons. The number of rotatable bonds is 6. The summed E-state index contributed by atoms with van der Waals surface area (Å²) in [5.41, 5.74) is 0.955. The van der Waals surface area contributed by atoms with Crippen LogP contribution in [0.3, 0.4) is 0 Å². The molecule has 7 heteroatoms. The third-order valence-electron chi connectivity index (χ3n) is 2.87. The summed E-state index contributed by atoms with van der Waals surface area (Å²) in [6.07, 6.45) is 1.59. The van der Waals surface area contributed by atoms with Crippen molar-refractivity contribution in [1.29, 1.82) is 0 Å². The van der Waals surface area contributed by atoms with Crippen molar-refractivity contribution in [1.82, 2.24) is 15.5 Å². The van der Waals surface area contributed by atoms with Crippen molar-refractivity contribution in [2.45, 2.75) is 26.2 Å².